The number of hydrogen-bond acceptors (Lipinski definition) is 7. The number of fused-ring (bicyclic) bond motifs is 1. The molecule has 0 saturated heterocycles. The molecule has 3 aromatic rings. The molecule has 0 aliphatic heterocycles. The van der Waals surface area contributed by atoms with Gasteiger partial charge in [0, 0.05) is 16.7 Å². The first-order valence-corrected chi connectivity index (χ1v) is 10.8. The zero-order valence-corrected chi connectivity index (χ0v) is 17.9. The van der Waals surface area contributed by atoms with E-state index in [0.717, 1.165) is 15.1 Å². The van der Waals surface area contributed by atoms with Crippen molar-refractivity contribution in [3.8, 4) is 0 Å². The molecule has 8 nitrogen and oxygen atoms in total. The number of aromatic nitrogens is 4. The SMILES string of the molecule is Cc1noc(C(C)NC(=O)Cc2cc3c(C4C=CC(F)CC4F)nn(CCO)c3s2)n1. The molecule has 31 heavy (non-hydrogen) atoms. The molecular weight excluding hydrogens is 428 g/mol. The van der Waals surface area contributed by atoms with Gasteiger partial charge >= 0.3 is 0 Å². The van der Waals surface area contributed by atoms with E-state index in [1.54, 1.807) is 18.5 Å². The van der Waals surface area contributed by atoms with Gasteiger partial charge in [0.05, 0.1) is 31.2 Å². The van der Waals surface area contributed by atoms with Crippen molar-refractivity contribution in [2.24, 2.45) is 0 Å². The third-order valence-electron chi connectivity index (χ3n) is 5.12. The van der Waals surface area contributed by atoms with Gasteiger partial charge in [-0.15, -0.1) is 11.3 Å². The summed E-state index contributed by atoms with van der Waals surface area (Å²) in [5, 5.41) is 21.1. The topological polar surface area (TPSA) is 106 Å². The summed E-state index contributed by atoms with van der Waals surface area (Å²) in [4.78, 5) is 18.1. The second-order valence-electron chi connectivity index (χ2n) is 7.59. The molecule has 1 aliphatic carbocycles. The van der Waals surface area contributed by atoms with Crippen LogP contribution in [0.5, 0.6) is 0 Å². The van der Waals surface area contributed by atoms with Gasteiger partial charge in [0.2, 0.25) is 11.8 Å². The highest BCUT2D eigenvalue weighted by molar-refractivity contribution is 7.18. The van der Waals surface area contributed by atoms with Crippen LogP contribution in [0.15, 0.2) is 22.7 Å². The second kappa shape index (κ2) is 8.83. The summed E-state index contributed by atoms with van der Waals surface area (Å²) < 4.78 is 34.7. The number of nitrogens with zero attached hydrogens (tertiary/aromatic N) is 4. The number of rotatable bonds is 7. The Morgan fingerprint density at radius 2 is 2.26 bits per heavy atom. The van der Waals surface area contributed by atoms with Crippen molar-refractivity contribution in [1.29, 1.82) is 0 Å². The van der Waals surface area contributed by atoms with Gasteiger partial charge in [-0.2, -0.15) is 10.1 Å². The molecule has 4 rings (SSSR count). The normalized spacial score (nSPS) is 22.2. The van der Waals surface area contributed by atoms with Crippen molar-refractivity contribution in [2.75, 3.05) is 6.61 Å². The van der Waals surface area contributed by atoms with Crippen LogP contribution in [0.2, 0.25) is 0 Å². The summed E-state index contributed by atoms with van der Waals surface area (Å²) in [6, 6.07) is 1.39. The van der Waals surface area contributed by atoms with Gasteiger partial charge < -0.3 is 14.9 Å². The van der Waals surface area contributed by atoms with E-state index in [0.29, 0.717) is 17.4 Å². The zero-order valence-electron chi connectivity index (χ0n) is 17.1. The quantitative estimate of drug-likeness (QED) is 0.535. The summed E-state index contributed by atoms with van der Waals surface area (Å²) in [7, 11) is 0. The Hall–Kier alpha value is -2.66. The van der Waals surface area contributed by atoms with Crippen LogP contribution in [0.25, 0.3) is 10.2 Å². The summed E-state index contributed by atoms with van der Waals surface area (Å²) in [6.07, 6.45) is 0.100. The molecule has 2 N–H and O–H groups in total. The number of halogens is 2. The Labute approximate surface area is 180 Å². The van der Waals surface area contributed by atoms with Crippen molar-refractivity contribution in [3.05, 3.63) is 40.5 Å². The van der Waals surface area contributed by atoms with E-state index in [2.05, 4.69) is 20.6 Å². The fraction of sp³-hybridized carbons (Fsp3) is 0.500. The number of aryl methyl sites for hydroxylation is 1. The Morgan fingerprint density at radius 1 is 1.45 bits per heavy atom. The summed E-state index contributed by atoms with van der Waals surface area (Å²) in [6.45, 7) is 3.57. The lowest BCUT2D eigenvalue weighted by atomic mass is 9.89. The molecule has 3 heterocycles. The van der Waals surface area contributed by atoms with Crippen molar-refractivity contribution < 1.29 is 23.2 Å². The number of alkyl halides is 2. The molecule has 3 aromatic heterocycles. The van der Waals surface area contributed by atoms with Gasteiger partial charge in [0.25, 0.3) is 0 Å². The molecule has 0 spiro atoms. The summed E-state index contributed by atoms with van der Waals surface area (Å²) in [5.74, 6) is -0.0703. The van der Waals surface area contributed by atoms with E-state index < -0.39 is 24.3 Å². The average Bonchev–Trinajstić information content (AvgIpc) is 3.39. The molecule has 166 valence electrons. The highest BCUT2D eigenvalue weighted by Gasteiger charge is 2.32. The molecule has 0 fully saturated rings. The lowest BCUT2D eigenvalue weighted by Crippen LogP contribution is -2.28. The third kappa shape index (κ3) is 4.52. The van der Waals surface area contributed by atoms with Crippen LogP contribution in [0.1, 0.15) is 47.6 Å². The van der Waals surface area contributed by atoms with Crippen molar-refractivity contribution in [3.63, 3.8) is 0 Å². The molecule has 11 heteroatoms. The summed E-state index contributed by atoms with van der Waals surface area (Å²) in [5.41, 5.74) is 0.497. The van der Waals surface area contributed by atoms with Gasteiger partial charge in [-0.3, -0.25) is 9.48 Å². The van der Waals surface area contributed by atoms with E-state index >= 15 is 0 Å². The number of nitrogens with one attached hydrogen (secondary N) is 1. The smallest absolute Gasteiger partial charge is 0.248 e. The molecule has 0 bridgehead atoms. The Morgan fingerprint density at radius 3 is 2.94 bits per heavy atom. The van der Waals surface area contributed by atoms with Crippen LogP contribution < -0.4 is 5.32 Å². The van der Waals surface area contributed by atoms with Gasteiger partial charge in [-0.25, -0.2) is 8.78 Å². The fourth-order valence-corrected chi connectivity index (χ4v) is 4.82. The molecule has 0 saturated carbocycles. The maximum atomic E-state index is 14.6. The van der Waals surface area contributed by atoms with E-state index in [-0.39, 0.29) is 31.9 Å². The van der Waals surface area contributed by atoms with Crippen LogP contribution in [-0.2, 0) is 17.8 Å². The fourth-order valence-electron chi connectivity index (χ4n) is 3.68. The second-order valence-corrected chi connectivity index (χ2v) is 8.70. The Balaban J connectivity index is 1.56. The number of thiophene rings is 1. The minimum atomic E-state index is -1.38. The Bertz CT molecular complexity index is 1110. The largest absolute Gasteiger partial charge is 0.394 e. The first-order valence-electron chi connectivity index (χ1n) is 10.0. The molecule has 4 atom stereocenters. The first-order chi connectivity index (χ1) is 14.9. The highest BCUT2D eigenvalue weighted by Crippen LogP contribution is 2.38. The van der Waals surface area contributed by atoms with Crippen LogP contribution in [-0.4, -0.2) is 49.9 Å². The standard InChI is InChI=1S/C20H23F2N5O3S/c1-10(19-24-11(2)26-30-19)23-17(29)9-13-8-15-18(14-4-3-12(21)7-16(14)22)25-27(5-6-28)20(15)31-13/h3-4,8,10,12,14,16,28H,5-7,9H2,1-2H3,(H,23,29). The van der Waals surface area contributed by atoms with Crippen LogP contribution in [0.4, 0.5) is 8.78 Å². The maximum absolute atomic E-state index is 14.6. The van der Waals surface area contributed by atoms with Gasteiger partial charge in [-0.05, 0) is 19.9 Å². The van der Waals surface area contributed by atoms with Crippen molar-refractivity contribution >= 4 is 27.5 Å². The number of aliphatic hydroxyl groups is 1. The van der Waals surface area contributed by atoms with E-state index in [9.17, 15) is 18.7 Å². The predicted molar refractivity (Wildman–Crippen MR) is 110 cm³/mol. The number of amides is 1. The van der Waals surface area contributed by atoms with E-state index in [1.165, 1.54) is 23.5 Å². The van der Waals surface area contributed by atoms with Gasteiger partial charge in [0.15, 0.2) is 5.82 Å². The van der Waals surface area contributed by atoms with Gasteiger partial charge in [0.1, 0.15) is 23.2 Å². The lowest BCUT2D eigenvalue weighted by molar-refractivity contribution is -0.121. The average molecular weight is 451 g/mol. The van der Waals surface area contributed by atoms with Crippen molar-refractivity contribution in [2.45, 2.75) is 57.5 Å². The minimum absolute atomic E-state index is 0.113. The minimum Gasteiger partial charge on any atom is -0.394 e. The molecule has 0 aromatic carbocycles. The van der Waals surface area contributed by atoms with Crippen LogP contribution in [0, 0.1) is 6.92 Å². The zero-order chi connectivity index (χ0) is 22.1. The third-order valence-corrected chi connectivity index (χ3v) is 6.27. The molecule has 4 unspecified atom stereocenters. The van der Waals surface area contributed by atoms with Gasteiger partial charge in [-0.1, -0.05) is 17.3 Å². The van der Waals surface area contributed by atoms with E-state index in [1.807, 2.05) is 6.07 Å². The number of allylic oxidation sites excluding steroid dienone is 2. The predicted octanol–water partition coefficient (Wildman–Crippen LogP) is 2.92. The maximum Gasteiger partial charge on any atom is 0.248 e. The molecule has 1 amide bonds. The number of hydrogen-bond donors (Lipinski definition) is 2. The molecule has 0 radical (unpaired) electrons. The number of carbonyl (C=O) groups excluding carboxylic acids is 1. The molecule has 1 aliphatic rings. The summed E-state index contributed by atoms with van der Waals surface area (Å²) >= 11 is 1.36. The first kappa shape index (κ1) is 21.6. The number of aliphatic hydroxyl groups excluding tert-OH is 1. The van der Waals surface area contributed by atoms with Crippen LogP contribution in [0.3, 0.4) is 0 Å². The molecular formula is C20H23F2N5O3S. The monoisotopic (exact) mass is 451 g/mol. The Kier molecular flexibility index (Phi) is 6.15. The lowest BCUT2D eigenvalue weighted by Gasteiger charge is -2.21. The number of carbonyl (C=O) groups is 1. The van der Waals surface area contributed by atoms with Crippen molar-refractivity contribution in [1.82, 2.24) is 25.2 Å². The highest BCUT2D eigenvalue weighted by atomic mass is 32.1. The van der Waals surface area contributed by atoms with Crippen LogP contribution >= 0.6 is 11.3 Å². The van der Waals surface area contributed by atoms with E-state index in [4.69, 9.17) is 4.52 Å².